The van der Waals surface area contributed by atoms with Crippen molar-refractivity contribution in [3.63, 3.8) is 0 Å². The fourth-order valence-electron chi connectivity index (χ4n) is 5.02. The summed E-state index contributed by atoms with van der Waals surface area (Å²) in [4.78, 5) is 24.6. The lowest BCUT2D eigenvalue weighted by molar-refractivity contribution is -0.120. The number of fused-ring (bicyclic) bond motifs is 3. The lowest BCUT2D eigenvalue weighted by Crippen LogP contribution is -2.44. The van der Waals surface area contributed by atoms with Gasteiger partial charge in [-0.25, -0.2) is 9.38 Å². The third-order valence-corrected chi connectivity index (χ3v) is 7.77. The number of aliphatic imine (C=N–C) groups is 2. The largest absolute Gasteiger partial charge is 0.493 e. The Morgan fingerprint density at radius 3 is 2.56 bits per heavy atom. The van der Waals surface area contributed by atoms with Gasteiger partial charge >= 0.3 is 0 Å². The number of carbonyl (C=O) groups is 1. The molecule has 1 amide bonds. The molecule has 2 aliphatic heterocycles. The van der Waals surface area contributed by atoms with Gasteiger partial charge in [0.1, 0.15) is 17.7 Å². The zero-order valence-corrected chi connectivity index (χ0v) is 20.2. The maximum absolute atomic E-state index is 13.7. The van der Waals surface area contributed by atoms with E-state index in [1.165, 1.54) is 43.2 Å². The van der Waals surface area contributed by atoms with Gasteiger partial charge in [-0.3, -0.25) is 9.69 Å². The number of ether oxygens (including phenoxy) is 2. The molecule has 6 nitrogen and oxygen atoms in total. The Kier molecular flexibility index (Phi) is 6.59. The van der Waals surface area contributed by atoms with Crippen molar-refractivity contribution in [1.29, 1.82) is 0 Å². The van der Waals surface area contributed by atoms with Crippen LogP contribution < -0.4 is 9.47 Å². The molecule has 0 saturated heterocycles. The van der Waals surface area contributed by atoms with Gasteiger partial charge in [0.2, 0.25) is 0 Å². The van der Waals surface area contributed by atoms with Crippen LogP contribution in [0.3, 0.4) is 0 Å². The van der Waals surface area contributed by atoms with E-state index in [1.54, 1.807) is 20.3 Å². The number of nitrogens with zero attached hydrogens (tertiary/aromatic N) is 3. The molecule has 2 aromatic carbocycles. The number of hydrogen-bond donors (Lipinski definition) is 0. The topological polar surface area (TPSA) is 63.5 Å². The SMILES string of the molecule is COc1cc2c(cc1OC)C1=NC(=O)[C@H](CC3CCCCC3)N1C(SCc1cccc(F)c1)=N2. The number of thioether (sulfide) groups is 1. The van der Waals surface area contributed by atoms with Gasteiger partial charge in [0, 0.05) is 17.4 Å². The first-order valence-corrected chi connectivity index (χ1v) is 12.7. The molecule has 0 bridgehead atoms. The van der Waals surface area contributed by atoms with Crippen molar-refractivity contribution in [3.05, 3.63) is 53.3 Å². The quantitative estimate of drug-likeness (QED) is 0.529. The zero-order chi connectivity index (χ0) is 23.7. The van der Waals surface area contributed by atoms with Crippen LogP contribution in [0.4, 0.5) is 10.1 Å². The second-order valence-corrected chi connectivity index (χ2v) is 9.88. The van der Waals surface area contributed by atoms with Gasteiger partial charge in [0.25, 0.3) is 5.91 Å². The van der Waals surface area contributed by atoms with E-state index >= 15 is 0 Å². The van der Waals surface area contributed by atoms with Gasteiger partial charge in [-0.15, -0.1) is 0 Å². The number of benzene rings is 2. The number of halogens is 1. The minimum atomic E-state index is -0.363. The normalized spacial score (nSPS) is 19.9. The molecular weight excluding hydrogens is 453 g/mol. The smallest absolute Gasteiger partial charge is 0.270 e. The average molecular weight is 482 g/mol. The van der Waals surface area contributed by atoms with Crippen LogP contribution in [-0.4, -0.2) is 42.1 Å². The highest BCUT2D eigenvalue weighted by atomic mass is 32.2. The molecule has 8 heteroatoms. The second-order valence-electron chi connectivity index (χ2n) is 8.94. The van der Waals surface area contributed by atoms with Crippen LogP contribution in [0.5, 0.6) is 11.5 Å². The minimum Gasteiger partial charge on any atom is -0.493 e. The number of hydrogen-bond acceptors (Lipinski definition) is 6. The molecular formula is C26H28FN3O3S. The summed E-state index contributed by atoms with van der Waals surface area (Å²) in [6.45, 7) is 0. The predicted octanol–water partition coefficient (Wildman–Crippen LogP) is 5.71. The fraction of sp³-hybridized carbons (Fsp3) is 0.423. The van der Waals surface area contributed by atoms with Crippen LogP contribution in [0, 0.1) is 11.7 Å². The first-order valence-electron chi connectivity index (χ1n) is 11.7. The van der Waals surface area contributed by atoms with Crippen LogP contribution in [0.25, 0.3) is 0 Å². The number of carbonyl (C=O) groups excluding carboxylic acids is 1. The molecule has 1 aliphatic carbocycles. The molecule has 5 rings (SSSR count). The van der Waals surface area contributed by atoms with Crippen LogP contribution in [0.15, 0.2) is 46.4 Å². The molecule has 0 spiro atoms. The van der Waals surface area contributed by atoms with Crippen LogP contribution in [-0.2, 0) is 10.5 Å². The van der Waals surface area contributed by atoms with E-state index < -0.39 is 0 Å². The van der Waals surface area contributed by atoms with Crippen LogP contribution >= 0.6 is 11.8 Å². The summed E-state index contributed by atoms with van der Waals surface area (Å²) in [5, 5.41) is 0.703. The Morgan fingerprint density at radius 1 is 1.06 bits per heavy atom. The molecule has 1 saturated carbocycles. The number of amides is 1. The summed E-state index contributed by atoms with van der Waals surface area (Å²) in [6, 6.07) is 9.86. The van der Waals surface area contributed by atoms with Crippen molar-refractivity contribution in [1.82, 2.24) is 4.90 Å². The van der Waals surface area contributed by atoms with Gasteiger partial charge in [-0.2, -0.15) is 4.99 Å². The minimum absolute atomic E-state index is 0.123. The molecule has 34 heavy (non-hydrogen) atoms. The summed E-state index contributed by atoms with van der Waals surface area (Å²) in [7, 11) is 3.17. The van der Waals surface area contributed by atoms with Crippen molar-refractivity contribution >= 4 is 34.4 Å². The molecule has 0 aromatic heterocycles. The molecule has 0 unspecified atom stereocenters. The maximum atomic E-state index is 13.7. The number of rotatable bonds is 6. The third kappa shape index (κ3) is 4.43. The Balaban J connectivity index is 1.51. The van der Waals surface area contributed by atoms with E-state index in [9.17, 15) is 9.18 Å². The summed E-state index contributed by atoms with van der Waals surface area (Å²) >= 11 is 1.49. The zero-order valence-electron chi connectivity index (χ0n) is 19.4. The summed E-state index contributed by atoms with van der Waals surface area (Å²) in [6.07, 6.45) is 6.78. The Labute approximate surface area is 203 Å². The number of amidine groups is 2. The Bertz CT molecular complexity index is 1160. The third-order valence-electron chi connectivity index (χ3n) is 6.74. The molecule has 2 heterocycles. The number of methoxy groups -OCH3 is 2. The van der Waals surface area contributed by atoms with E-state index in [1.807, 2.05) is 23.1 Å². The summed E-state index contributed by atoms with van der Waals surface area (Å²) in [5.41, 5.74) is 2.30. The highest BCUT2D eigenvalue weighted by molar-refractivity contribution is 8.13. The molecule has 0 N–H and O–H groups in total. The van der Waals surface area contributed by atoms with Crippen molar-refractivity contribution in [2.24, 2.45) is 15.9 Å². The lowest BCUT2D eigenvalue weighted by atomic mass is 9.84. The van der Waals surface area contributed by atoms with Gasteiger partial charge in [0.05, 0.1) is 19.9 Å². The van der Waals surface area contributed by atoms with E-state index in [0.29, 0.717) is 39.9 Å². The van der Waals surface area contributed by atoms with Crippen molar-refractivity contribution in [3.8, 4) is 11.5 Å². The first-order chi connectivity index (χ1) is 16.6. The van der Waals surface area contributed by atoms with Crippen molar-refractivity contribution in [2.45, 2.75) is 50.3 Å². The maximum Gasteiger partial charge on any atom is 0.270 e. The van der Waals surface area contributed by atoms with Gasteiger partial charge < -0.3 is 9.47 Å². The fourth-order valence-corrected chi connectivity index (χ4v) is 6.01. The lowest BCUT2D eigenvalue weighted by Gasteiger charge is -2.33. The standard InChI is InChI=1S/C26H28FN3O3S/c1-32-22-13-19-20(14-23(22)33-2)28-26(34-15-17-9-6-10-18(27)11-17)30-21(25(31)29-24(19)30)12-16-7-4-3-5-8-16/h6,9-11,13-14,16,21H,3-5,7-8,12,15H2,1-2H3/t21-/m0/s1. The van der Waals surface area contributed by atoms with Crippen molar-refractivity contribution < 1.29 is 18.7 Å². The van der Waals surface area contributed by atoms with Crippen LogP contribution in [0.2, 0.25) is 0 Å². The van der Waals surface area contributed by atoms with Crippen molar-refractivity contribution in [2.75, 3.05) is 14.2 Å². The van der Waals surface area contributed by atoms with Gasteiger partial charge in [-0.05, 0) is 36.1 Å². The van der Waals surface area contributed by atoms with E-state index in [2.05, 4.69) is 4.99 Å². The molecule has 2 aromatic rings. The molecule has 1 fully saturated rings. The highest BCUT2D eigenvalue weighted by Crippen LogP contribution is 2.42. The van der Waals surface area contributed by atoms with E-state index in [-0.39, 0.29) is 17.8 Å². The van der Waals surface area contributed by atoms with E-state index in [0.717, 1.165) is 30.4 Å². The van der Waals surface area contributed by atoms with Gasteiger partial charge in [0.15, 0.2) is 16.7 Å². The predicted molar refractivity (Wildman–Crippen MR) is 133 cm³/mol. The molecule has 178 valence electrons. The monoisotopic (exact) mass is 481 g/mol. The second kappa shape index (κ2) is 9.78. The first kappa shape index (κ1) is 22.9. The Hall–Kier alpha value is -2.87. The van der Waals surface area contributed by atoms with Gasteiger partial charge in [-0.1, -0.05) is 56.0 Å². The highest BCUT2D eigenvalue weighted by Gasteiger charge is 2.43. The van der Waals surface area contributed by atoms with Crippen LogP contribution in [0.1, 0.15) is 49.7 Å². The summed E-state index contributed by atoms with van der Waals surface area (Å²) in [5.74, 6) is 2.40. The molecule has 0 radical (unpaired) electrons. The Morgan fingerprint density at radius 2 is 1.82 bits per heavy atom. The molecule has 1 atom stereocenters. The van der Waals surface area contributed by atoms with E-state index in [4.69, 9.17) is 14.5 Å². The average Bonchev–Trinajstić information content (AvgIpc) is 3.18. The summed E-state index contributed by atoms with van der Waals surface area (Å²) < 4.78 is 24.7. The molecule has 3 aliphatic rings.